The van der Waals surface area contributed by atoms with Gasteiger partial charge >= 0.3 is 0 Å². The molecular weight excluding hydrogens is 248 g/mol. The Morgan fingerprint density at radius 2 is 1.90 bits per heavy atom. The molecule has 0 aliphatic carbocycles. The molecule has 1 N–H and O–H groups in total. The van der Waals surface area contributed by atoms with E-state index < -0.39 is 0 Å². The lowest BCUT2D eigenvalue weighted by Crippen LogP contribution is -2.38. The van der Waals surface area contributed by atoms with Crippen molar-refractivity contribution >= 4 is 0 Å². The summed E-state index contributed by atoms with van der Waals surface area (Å²) in [5, 5.41) is 3.64. The van der Waals surface area contributed by atoms with Crippen LogP contribution < -0.4 is 10.1 Å². The minimum atomic E-state index is 0.601. The van der Waals surface area contributed by atoms with Crippen molar-refractivity contribution in [2.24, 2.45) is 0 Å². The fourth-order valence-corrected chi connectivity index (χ4v) is 2.85. The predicted molar refractivity (Wildman–Crippen MR) is 84.5 cm³/mol. The van der Waals surface area contributed by atoms with E-state index >= 15 is 0 Å². The van der Waals surface area contributed by atoms with E-state index in [2.05, 4.69) is 29.3 Å². The second-order valence-corrected chi connectivity index (χ2v) is 5.81. The van der Waals surface area contributed by atoms with Crippen molar-refractivity contribution in [1.29, 1.82) is 0 Å². The Balaban J connectivity index is 1.58. The van der Waals surface area contributed by atoms with E-state index in [4.69, 9.17) is 4.74 Å². The Labute approximate surface area is 123 Å². The molecule has 0 radical (unpaired) electrons. The molecular formula is C17H28N2O. The molecule has 1 aromatic rings. The molecule has 112 valence electrons. The van der Waals surface area contributed by atoms with Crippen LogP contribution in [0.3, 0.4) is 0 Å². The van der Waals surface area contributed by atoms with E-state index in [9.17, 15) is 0 Å². The second kappa shape index (κ2) is 8.28. The summed E-state index contributed by atoms with van der Waals surface area (Å²) in [6.45, 7) is 7.17. The van der Waals surface area contributed by atoms with Gasteiger partial charge in [0, 0.05) is 12.6 Å². The molecule has 1 aliphatic heterocycles. The minimum absolute atomic E-state index is 0.601. The molecule has 2 rings (SSSR count). The maximum atomic E-state index is 5.17. The van der Waals surface area contributed by atoms with E-state index in [0.717, 1.165) is 18.7 Å². The van der Waals surface area contributed by atoms with Gasteiger partial charge in [-0.2, -0.15) is 0 Å². The average molecular weight is 276 g/mol. The van der Waals surface area contributed by atoms with Crippen LogP contribution in [-0.2, 0) is 6.42 Å². The highest BCUT2D eigenvalue weighted by atomic mass is 16.5. The SMILES string of the molecule is COc1ccc(CCCNC(C)CN2CCCC2)cc1. The predicted octanol–water partition coefficient (Wildman–Crippen LogP) is 2.70. The number of aryl methyl sites for hydroxylation is 1. The lowest BCUT2D eigenvalue weighted by atomic mass is 10.1. The first kappa shape index (κ1) is 15.3. The van der Waals surface area contributed by atoms with Gasteiger partial charge in [0.25, 0.3) is 0 Å². The van der Waals surface area contributed by atoms with Gasteiger partial charge in [0.05, 0.1) is 7.11 Å². The van der Waals surface area contributed by atoms with Crippen LogP contribution in [0.25, 0.3) is 0 Å². The molecule has 1 aromatic carbocycles. The Hall–Kier alpha value is -1.06. The van der Waals surface area contributed by atoms with Crippen LogP contribution in [-0.4, -0.2) is 44.2 Å². The van der Waals surface area contributed by atoms with Crippen molar-refractivity contribution < 1.29 is 4.74 Å². The van der Waals surface area contributed by atoms with Gasteiger partial charge in [0.2, 0.25) is 0 Å². The highest BCUT2D eigenvalue weighted by Crippen LogP contribution is 2.12. The summed E-state index contributed by atoms with van der Waals surface area (Å²) in [6.07, 6.45) is 5.08. The van der Waals surface area contributed by atoms with E-state index in [1.165, 1.54) is 44.5 Å². The zero-order valence-corrected chi connectivity index (χ0v) is 12.9. The molecule has 1 saturated heterocycles. The highest BCUT2D eigenvalue weighted by molar-refractivity contribution is 5.27. The van der Waals surface area contributed by atoms with Gasteiger partial charge in [-0.1, -0.05) is 12.1 Å². The number of methoxy groups -OCH3 is 1. The van der Waals surface area contributed by atoms with Gasteiger partial charge in [0.15, 0.2) is 0 Å². The topological polar surface area (TPSA) is 24.5 Å². The van der Waals surface area contributed by atoms with Crippen LogP contribution in [0.5, 0.6) is 5.75 Å². The molecule has 0 bridgehead atoms. The number of benzene rings is 1. The molecule has 1 unspecified atom stereocenters. The first-order chi connectivity index (χ1) is 9.78. The van der Waals surface area contributed by atoms with Crippen molar-refractivity contribution in [3.63, 3.8) is 0 Å². The zero-order valence-electron chi connectivity index (χ0n) is 12.9. The number of nitrogens with one attached hydrogen (secondary N) is 1. The number of nitrogens with zero attached hydrogens (tertiary/aromatic N) is 1. The standard InChI is InChI=1S/C17H28N2O/c1-15(14-19-12-3-4-13-19)18-11-5-6-16-7-9-17(20-2)10-8-16/h7-10,15,18H,3-6,11-14H2,1-2H3. The third-order valence-electron chi connectivity index (χ3n) is 4.02. The average Bonchev–Trinajstić information content (AvgIpc) is 2.97. The molecule has 0 aromatic heterocycles. The van der Waals surface area contributed by atoms with Crippen LogP contribution in [0, 0.1) is 0 Å². The maximum Gasteiger partial charge on any atom is 0.118 e. The van der Waals surface area contributed by atoms with Crippen LogP contribution in [0.2, 0.25) is 0 Å². The molecule has 20 heavy (non-hydrogen) atoms. The van der Waals surface area contributed by atoms with Gasteiger partial charge in [-0.15, -0.1) is 0 Å². The van der Waals surface area contributed by atoms with Crippen LogP contribution in [0.4, 0.5) is 0 Å². The van der Waals surface area contributed by atoms with E-state index in [0.29, 0.717) is 6.04 Å². The Kier molecular flexibility index (Phi) is 6.34. The lowest BCUT2D eigenvalue weighted by Gasteiger charge is -2.21. The normalized spacial score (nSPS) is 17.3. The summed E-state index contributed by atoms with van der Waals surface area (Å²) < 4.78 is 5.17. The molecule has 0 saturated carbocycles. The minimum Gasteiger partial charge on any atom is -0.497 e. The van der Waals surface area contributed by atoms with E-state index in [1.807, 2.05) is 12.1 Å². The summed E-state index contributed by atoms with van der Waals surface area (Å²) in [4.78, 5) is 2.57. The van der Waals surface area contributed by atoms with Gasteiger partial charge in [-0.05, 0) is 69.9 Å². The number of rotatable bonds is 8. The first-order valence-electron chi connectivity index (χ1n) is 7.86. The van der Waals surface area contributed by atoms with Crippen LogP contribution in [0.1, 0.15) is 31.7 Å². The lowest BCUT2D eigenvalue weighted by molar-refractivity contribution is 0.299. The Bertz CT molecular complexity index is 371. The number of ether oxygens (including phenoxy) is 1. The zero-order chi connectivity index (χ0) is 14.2. The smallest absolute Gasteiger partial charge is 0.118 e. The van der Waals surface area contributed by atoms with Gasteiger partial charge in [0.1, 0.15) is 5.75 Å². The largest absolute Gasteiger partial charge is 0.497 e. The number of likely N-dealkylation sites (tertiary alicyclic amines) is 1. The van der Waals surface area contributed by atoms with Crippen molar-refractivity contribution in [3.8, 4) is 5.75 Å². The summed E-state index contributed by atoms with van der Waals surface area (Å²) in [6, 6.07) is 9.00. The molecule has 1 atom stereocenters. The van der Waals surface area contributed by atoms with Crippen molar-refractivity contribution in [2.45, 2.75) is 38.6 Å². The van der Waals surface area contributed by atoms with Crippen molar-refractivity contribution in [2.75, 3.05) is 33.3 Å². The molecule has 0 amide bonds. The van der Waals surface area contributed by atoms with Gasteiger partial charge < -0.3 is 15.0 Å². The Morgan fingerprint density at radius 3 is 2.55 bits per heavy atom. The summed E-state index contributed by atoms with van der Waals surface area (Å²) >= 11 is 0. The summed E-state index contributed by atoms with van der Waals surface area (Å²) in [5.41, 5.74) is 1.39. The molecule has 3 nitrogen and oxygen atoms in total. The quantitative estimate of drug-likeness (QED) is 0.739. The molecule has 1 heterocycles. The van der Waals surface area contributed by atoms with Gasteiger partial charge in [-0.3, -0.25) is 0 Å². The molecule has 0 spiro atoms. The van der Waals surface area contributed by atoms with Crippen LogP contribution in [0.15, 0.2) is 24.3 Å². The second-order valence-electron chi connectivity index (χ2n) is 5.81. The summed E-state index contributed by atoms with van der Waals surface area (Å²) in [5.74, 6) is 0.936. The fraction of sp³-hybridized carbons (Fsp3) is 0.647. The molecule has 1 fully saturated rings. The number of hydrogen-bond acceptors (Lipinski definition) is 3. The third-order valence-corrected chi connectivity index (χ3v) is 4.02. The number of hydrogen-bond donors (Lipinski definition) is 1. The maximum absolute atomic E-state index is 5.17. The first-order valence-corrected chi connectivity index (χ1v) is 7.86. The third kappa shape index (κ3) is 5.14. The van der Waals surface area contributed by atoms with Gasteiger partial charge in [-0.25, -0.2) is 0 Å². The van der Waals surface area contributed by atoms with Crippen LogP contribution >= 0.6 is 0 Å². The van der Waals surface area contributed by atoms with Crippen molar-refractivity contribution in [3.05, 3.63) is 29.8 Å². The summed E-state index contributed by atoms with van der Waals surface area (Å²) in [7, 11) is 1.71. The Morgan fingerprint density at radius 1 is 1.20 bits per heavy atom. The van der Waals surface area contributed by atoms with E-state index in [-0.39, 0.29) is 0 Å². The monoisotopic (exact) mass is 276 g/mol. The van der Waals surface area contributed by atoms with Crippen molar-refractivity contribution in [1.82, 2.24) is 10.2 Å². The molecule has 3 heteroatoms. The highest BCUT2D eigenvalue weighted by Gasteiger charge is 2.13. The fourth-order valence-electron chi connectivity index (χ4n) is 2.85. The molecule has 1 aliphatic rings. The van der Waals surface area contributed by atoms with E-state index in [1.54, 1.807) is 7.11 Å².